The van der Waals surface area contributed by atoms with Crippen LogP contribution in [0.5, 0.6) is 0 Å². The Balaban J connectivity index is 1.49. The van der Waals surface area contributed by atoms with Gasteiger partial charge in [0.25, 0.3) is 5.79 Å². The average Bonchev–Trinajstić information content (AvgIpc) is 3.79. The van der Waals surface area contributed by atoms with Gasteiger partial charge in [-0.05, 0) is 24.3 Å². The van der Waals surface area contributed by atoms with Gasteiger partial charge in [-0.1, -0.05) is 36.4 Å². The zero-order valence-corrected chi connectivity index (χ0v) is 31.7. The van der Waals surface area contributed by atoms with E-state index in [0.717, 1.165) is 34.8 Å². The van der Waals surface area contributed by atoms with Crippen LogP contribution in [0.3, 0.4) is 0 Å². The Kier molecular flexibility index (Phi) is 14.0. The van der Waals surface area contributed by atoms with Gasteiger partial charge in [0.15, 0.2) is 49.2 Å². The van der Waals surface area contributed by atoms with E-state index in [1.54, 1.807) is 36.4 Å². The largest absolute Gasteiger partial charge is 0.465 e. The Hall–Kier alpha value is -5.47. The summed E-state index contributed by atoms with van der Waals surface area (Å²) in [7, 11) is 1.12. The molecule has 0 bridgehead atoms. The molecule has 2 aromatic rings. The number of carbonyl (C=O) groups excluding carboxylic acids is 7. The molecule has 0 amide bonds. The molecule has 19 nitrogen and oxygen atoms in total. The summed E-state index contributed by atoms with van der Waals surface area (Å²) in [5.74, 6) is -7.82. The zero-order valence-electron chi connectivity index (χ0n) is 31.7. The summed E-state index contributed by atoms with van der Waals surface area (Å²) in [6, 6.07) is 15.7. The molecule has 3 heterocycles. The molecule has 3 fully saturated rings. The number of hydrogen-bond acceptors (Lipinski definition) is 19. The van der Waals surface area contributed by atoms with Gasteiger partial charge in [0, 0.05) is 34.6 Å². The van der Waals surface area contributed by atoms with Crippen molar-refractivity contribution in [2.24, 2.45) is 0 Å². The molecule has 11 atom stereocenters. The van der Waals surface area contributed by atoms with Crippen LogP contribution in [0.2, 0.25) is 0 Å². The molecule has 57 heavy (non-hydrogen) atoms. The zero-order chi connectivity index (χ0) is 41.4. The Morgan fingerprint density at radius 3 is 1.75 bits per heavy atom. The summed E-state index contributed by atoms with van der Waals surface area (Å²) >= 11 is 0. The molecule has 0 N–H and O–H groups in total. The SMILES string of the molecule is COC(=O)[C@]1(C)O[C@H]2O[C@@H]([C@@H](CO[C@@H]3O[C@@H]([C@@H](COC(C)=O)OC(C)=O)[C@H](OC(C)=O)[C@H]3OC(C)=O)OC(=O)c3ccccc3)[C@H](OC(=O)c3ccccc3)[C@H]2O1. The van der Waals surface area contributed by atoms with Crippen LogP contribution in [0.15, 0.2) is 60.7 Å². The van der Waals surface area contributed by atoms with Crippen LogP contribution in [0.25, 0.3) is 0 Å². The van der Waals surface area contributed by atoms with Gasteiger partial charge in [0.1, 0.15) is 18.8 Å². The lowest BCUT2D eigenvalue weighted by Gasteiger charge is -2.31. The van der Waals surface area contributed by atoms with Gasteiger partial charge in [-0.25, -0.2) is 14.4 Å². The van der Waals surface area contributed by atoms with Gasteiger partial charge >= 0.3 is 41.8 Å². The normalized spacial score (nSPS) is 28.5. The molecule has 5 rings (SSSR count). The number of methoxy groups -OCH3 is 1. The van der Waals surface area contributed by atoms with Crippen molar-refractivity contribution in [2.75, 3.05) is 20.3 Å². The van der Waals surface area contributed by atoms with Crippen molar-refractivity contribution in [3.8, 4) is 0 Å². The van der Waals surface area contributed by atoms with Crippen LogP contribution >= 0.6 is 0 Å². The first kappa shape index (κ1) is 42.7. The third-order valence-corrected chi connectivity index (χ3v) is 8.72. The number of fused-ring (bicyclic) bond motifs is 1. The first-order chi connectivity index (χ1) is 27.1. The van der Waals surface area contributed by atoms with Gasteiger partial charge in [0.05, 0.1) is 24.8 Å². The van der Waals surface area contributed by atoms with Crippen molar-refractivity contribution in [1.29, 1.82) is 0 Å². The molecular weight excluding hydrogens is 760 g/mol. The minimum absolute atomic E-state index is 0.115. The monoisotopic (exact) mass is 802 g/mol. The van der Waals surface area contributed by atoms with E-state index in [0.29, 0.717) is 0 Å². The van der Waals surface area contributed by atoms with Crippen LogP contribution in [-0.4, -0.2) is 129 Å². The van der Waals surface area contributed by atoms with Crippen LogP contribution in [-0.2, 0) is 80.8 Å². The summed E-state index contributed by atoms with van der Waals surface area (Å²) in [6.45, 7) is 4.42. The summed E-state index contributed by atoms with van der Waals surface area (Å²) in [6.07, 6.45) is -14.5. The second-order valence-electron chi connectivity index (χ2n) is 13.1. The fraction of sp³-hybridized carbons (Fsp3) is 0.500. The standard InChI is InChI=1S/C38H42O19/c1-19(39)47-17-25(49-20(2)40)27-29(50-21(3)41)31(51-22(4)42)35(54-27)48-18-26(52-33(43)23-13-9-7-10-14-23)28-30(53-34(44)24-15-11-8-12-16-24)32-36(55-28)57-38(5,56-32)37(45)46-6/h7-16,25-32,35-36H,17-18H2,1-6H3/t25-,26-,27+,28+,29+,30+,31-,32-,35-,36-,38+/m1/s1. The number of hydrogen-bond donors (Lipinski definition) is 0. The molecule has 308 valence electrons. The predicted molar refractivity (Wildman–Crippen MR) is 184 cm³/mol. The molecule has 0 radical (unpaired) electrons. The van der Waals surface area contributed by atoms with Crippen molar-refractivity contribution < 1.29 is 90.4 Å². The smallest absolute Gasteiger partial charge is 0.366 e. The number of esters is 7. The van der Waals surface area contributed by atoms with E-state index in [1.807, 2.05) is 0 Å². The molecule has 19 heteroatoms. The maximum atomic E-state index is 13.6. The molecule has 0 unspecified atom stereocenters. The van der Waals surface area contributed by atoms with Gasteiger partial charge in [-0.3, -0.25) is 19.2 Å². The van der Waals surface area contributed by atoms with Gasteiger partial charge in [-0.2, -0.15) is 0 Å². The van der Waals surface area contributed by atoms with Gasteiger partial charge < -0.3 is 56.8 Å². The number of benzene rings is 2. The molecule has 0 aliphatic carbocycles. The fourth-order valence-electron chi connectivity index (χ4n) is 6.36. The first-order valence-corrected chi connectivity index (χ1v) is 17.6. The molecular formula is C38H42O19. The fourth-order valence-corrected chi connectivity index (χ4v) is 6.36. The third kappa shape index (κ3) is 10.5. The highest BCUT2D eigenvalue weighted by atomic mass is 16.9. The van der Waals surface area contributed by atoms with Crippen molar-refractivity contribution in [3.63, 3.8) is 0 Å². The predicted octanol–water partition coefficient (Wildman–Crippen LogP) is 1.57. The molecule has 0 spiro atoms. The lowest BCUT2D eigenvalue weighted by Crippen LogP contribution is -2.49. The Labute approximate surface area is 325 Å². The van der Waals surface area contributed by atoms with Crippen molar-refractivity contribution >= 4 is 41.8 Å². The van der Waals surface area contributed by atoms with Gasteiger partial charge in [-0.15, -0.1) is 0 Å². The lowest BCUT2D eigenvalue weighted by molar-refractivity contribution is -0.248. The van der Waals surface area contributed by atoms with Crippen molar-refractivity contribution in [3.05, 3.63) is 71.8 Å². The van der Waals surface area contributed by atoms with E-state index in [-0.39, 0.29) is 11.1 Å². The van der Waals surface area contributed by atoms with Crippen LogP contribution in [0.1, 0.15) is 55.3 Å². The van der Waals surface area contributed by atoms with E-state index in [1.165, 1.54) is 31.2 Å². The first-order valence-electron chi connectivity index (χ1n) is 17.6. The molecule has 2 aromatic carbocycles. The number of rotatable bonds is 15. The van der Waals surface area contributed by atoms with Crippen LogP contribution < -0.4 is 0 Å². The number of carbonyl (C=O) groups is 7. The number of ether oxygens (including phenoxy) is 12. The van der Waals surface area contributed by atoms with Crippen molar-refractivity contribution in [1.82, 2.24) is 0 Å². The maximum Gasteiger partial charge on any atom is 0.366 e. The lowest BCUT2D eigenvalue weighted by atomic mass is 10.0. The molecule has 3 aliphatic rings. The summed E-state index contributed by atoms with van der Waals surface area (Å²) in [4.78, 5) is 88.1. The Bertz CT molecular complexity index is 1780. The minimum Gasteiger partial charge on any atom is -0.465 e. The van der Waals surface area contributed by atoms with Crippen LogP contribution in [0.4, 0.5) is 0 Å². The van der Waals surface area contributed by atoms with Crippen molar-refractivity contribution in [2.45, 2.75) is 102 Å². The topological polar surface area (TPSA) is 230 Å². The quantitative estimate of drug-likeness (QED) is 0.184. The highest BCUT2D eigenvalue weighted by Gasteiger charge is 2.63. The molecule has 0 aromatic heterocycles. The summed E-state index contributed by atoms with van der Waals surface area (Å²) < 4.78 is 68.2. The minimum atomic E-state index is -1.97. The Morgan fingerprint density at radius 1 is 0.632 bits per heavy atom. The highest BCUT2D eigenvalue weighted by Crippen LogP contribution is 2.42. The molecule has 3 aliphatic heterocycles. The van der Waals surface area contributed by atoms with Gasteiger partial charge in [0.2, 0.25) is 0 Å². The molecule has 3 saturated heterocycles. The van der Waals surface area contributed by atoms with Crippen LogP contribution in [0, 0.1) is 0 Å². The second kappa shape index (κ2) is 18.6. The summed E-state index contributed by atoms with van der Waals surface area (Å²) in [5, 5.41) is 0. The van der Waals surface area contributed by atoms with E-state index in [2.05, 4.69) is 0 Å². The van der Waals surface area contributed by atoms with E-state index in [9.17, 15) is 33.6 Å². The average molecular weight is 803 g/mol. The second-order valence-corrected chi connectivity index (χ2v) is 13.1. The highest BCUT2D eigenvalue weighted by molar-refractivity contribution is 5.90. The third-order valence-electron chi connectivity index (χ3n) is 8.72. The van der Waals surface area contributed by atoms with E-state index in [4.69, 9.17) is 56.8 Å². The van der Waals surface area contributed by atoms with E-state index < -0.39 is 122 Å². The Morgan fingerprint density at radius 2 is 1.19 bits per heavy atom. The maximum absolute atomic E-state index is 13.6. The molecule has 0 saturated carbocycles. The van der Waals surface area contributed by atoms with E-state index >= 15 is 0 Å². The summed E-state index contributed by atoms with van der Waals surface area (Å²) in [5.41, 5.74) is 0.259.